The van der Waals surface area contributed by atoms with E-state index in [9.17, 15) is 18.3 Å². The van der Waals surface area contributed by atoms with Gasteiger partial charge in [-0.05, 0) is 58.6 Å². The van der Waals surface area contributed by atoms with Gasteiger partial charge in [0.1, 0.15) is 5.75 Å². The zero-order chi connectivity index (χ0) is 21.1. The number of hydrogen-bond acceptors (Lipinski definition) is 4. The molecule has 0 unspecified atom stereocenters. The second kappa shape index (κ2) is 8.32. The number of carbonyl (C=O) groups is 1. The molecule has 6 nitrogen and oxygen atoms in total. The monoisotopic (exact) mass is 405 g/mol. The summed E-state index contributed by atoms with van der Waals surface area (Å²) in [5.74, 6) is -0.766. The summed E-state index contributed by atoms with van der Waals surface area (Å²) in [4.78, 5) is 17.0. The first-order valence-electron chi connectivity index (χ1n) is 9.18. The highest BCUT2D eigenvalue weighted by Crippen LogP contribution is 2.26. The summed E-state index contributed by atoms with van der Waals surface area (Å²) in [6, 6.07) is 11.4. The Morgan fingerprint density at radius 2 is 1.68 bits per heavy atom. The molecule has 0 aliphatic rings. The molecular weight excluding hydrogens is 378 g/mol. The van der Waals surface area contributed by atoms with Gasteiger partial charge in [0.25, 0.3) is 10.0 Å². The van der Waals surface area contributed by atoms with E-state index in [4.69, 9.17) is 4.84 Å². The van der Waals surface area contributed by atoms with Crippen molar-refractivity contribution in [1.82, 2.24) is 4.47 Å². The topological polar surface area (TPSA) is 83.9 Å². The minimum atomic E-state index is -4.02. The maximum atomic E-state index is 13.0. The Morgan fingerprint density at radius 3 is 2.14 bits per heavy atom. The van der Waals surface area contributed by atoms with Crippen molar-refractivity contribution in [3.63, 3.8) is 0 Å². The van der Waals surface area contributed by atoms with Crippen LogP contribution in [0.2, 0.25) is 0 Å². The SMILES string of the molecule is CCc1ccc(S(=O)(=O)N(CC)Oc2ccc(C(C)(C)C)cc2)cc1C(=O)O. The van der Waals surface area contributed by atoms with Crippen LogP contribution < -0.4 is 4.84 Å². The maximum Gasteiger partial charge on any atom is 0.336 e. The fourth-order valence-electron chi connectivity index (χ4n) is 2.76. The third kappa shape index (κ3) is 4.72. The van der Waals surface area contributed by atoms with E-state index in [1.54, 1.807) is 19.1 Å². The molecule has 0 saturated carbocycles. The van der Waals surface area contributed by atoms with E-state index in [1.807, 2.05) is 19.1 Å². The highest BCUT2D eigenvalue weighted by Gasteiger charge is 2.27. The number of sulfonamides is 1. The van der Waals surface area contributed by atoms with Crippen molar-refractivity contribution < 1.29 is 23.2 Å². The third-order valence-corrected chi connectivity index (χ3v) is 6.16. The predicted molar refractivity (Wildman–Crippen MR) is 108 cm³/mol. The number of aromatic carboxylic acids is 1. The van der Waals surface area contributed by atoms with Gasteiger partial charge in [0.05, 0.1) is 10.5 Å². The van der Waals surface area contributed by atoms with Crippen molar-refractivity contribution in [3.8, 4) is 5.75 Å². The Morgan fingerprint density at radius 1 is 1.07 bits per heavy atom. The van der Waals surface area contributed by atoms with Crippen molar-refractivity contribution in [2.45, 2.75) is 51.3 Å². The first kappa shape index (κ1) is 21.9. The van der Waals surface area contributed by atoms with Crippen LogP contribution in [0.1, 0.15) is 56.1 Å². The highest BCUT2D eigenvalue weighted by molar-refractivity contribution is 7.89. The largest absolute Gasteiger partial charge is 0.478 e. The van der Waals surface area contributed by atoms with E-state index in [1.165, 1.54) is 18.2 Å². The van der Waals surface area contributed by atoms with E-state index >= 15 is 0 Å². The molecule has 0 fully saturated rings. The maximum absolute atomic E-state index is 13.0. The average molecular weight is 406 g/mol. The minimum absolute atomic E-state index is 0.0193. The Labute approximate surface area is 166 Å². The molecule has 0 aliphatic carbocycles. The first-order chi connectivity index (χ1) is 13.0. The van der Waals surface area contributed by atoms with Gasteiger partial charge in [-0.1, -0.05) is 45.9 Å². The number of carboxylic acids is 1. The van der Waals surface area contributed by atoms with Crippen LogP contribution >= 0.6 is 0 Å². The molecule has 0 atom stereocenters. The number of hydroxylamine groups is 1. The molecule has 0 aromatic heterocycles. The standard InChI is InChI=1S/C21H27NO5S/c1-6-15-8-13-18(14-19(15)20(23)24)28(25,26)22(7-2)27-17-11-9-16(10-12-17)21(3,4)5/h8-14H,6-7H2,1-5H3,(H,23,24). The Kier molecular flexibility index (Phi) is 6.52. The lowest BCUT2D eigenvalue weighted by atomic mass is 9.87. The van der Waals surface area contributed by atoms with Gasteiger partial charge in [0, 0.05) is 6.54 Å². The third-order valence-electron chi connectivity index (χ3n) is 4.44. The second-order valence-corrected chi connectivity index (χ2v) is 9.30. The molecule has 0 heterocycles. The fourth-order valence-corrected chi connectivity index (χ4v) is 4.02. The van der Waals surface area contributed by atoms with Gasteiger partial charge in [-0.2, -0.15) is 0 Å². The molecule has 0 bridgehead atoms. The van der Waals surface area contributed by atoms with E-state index in [0.29, 0.717) is 17.7 Å². The molecule has 28 heavy (non-hydrogen) atoms. The number of nitrogens with zero attached hydrogens (tertiary/aromatic N) is 1. The van der Waals surface area contributed by atoms with Crippen molar-refractivity contribution in [2.24, 2.45) is 0 Å². The molecule has 0 spiro atoms. The van der Waals surface area contributed by atoms with Crippen molar-refractivity contribution in [3.05, 3.63) is 59.2 Å². The molecule has 0 saturated heterocycles. The molecule has 0 radical (unpaired) electrons. The normalized spacial score (nSPS) is 12.2. The van der Waals surface area contributed by atoms with Crippen LogP contribution in [-0.2, 0) is 21.9 Å². The van der Waals surface area contributed by atoms with Crippen LogP contribution in [0.3, 0.4) is 0 Å². The molecule has 0 amide bonds. The van der Waals surface area contributed by atoms with Crippen molar-refractivity contribution in [1.29, 1.82) is 0 Å². The minimum Gasteiger partial charge on any atom is -0.478 e. The number of aryl methyl sites for hydroxylation is 1. The number of hydrogen-bond donors (Lipinski definition) is 1. The number of benzene rings is 2. The van der Waals surface area contributed by atoms with E-state index in [2.05, 4.69) is 20.8 Å². The summed E-state index contributed by atoms with van der Waals surface area (Å²) >= 11 is 0. The van der Waals surface area contributed by atoms with Crippen LogP contribution in [0.25, 0.3) is 0 Å². The van der Waals surface area contributed by atoms with Crippen molar-refractivity contribution in [2.75, 3.05) is 6.54 Å². The summed E-state index contributed by atoms with van der Waals surface area (Å²) in [6.07, 6.45) is 0.496. The summed E-state index contributed by atoms with van der Waals surface area (Å²) in [5.41, 5.74) is 1.64. The van der Waals surface area contributed by atoms with Gasteiger partial charge in [-0.15, -0.1) is 0 Å². The summed E-state index contributed by atoms with van der Waals surface area (Å²) in [6.45, 7) is 9.81. The lowest BCUT2D eigenvalue weighted by Crippen LogP contribution is -2.34. The van der Waals surface area contributed by atoms with Gasteiger partial charge in [-0.3, -0.25) is 0 Å². The van der Waals surface area contributed by atoms with Crippen LogP contribution in [0.4, 0.5) is 0 Å². The predicted octanol–water partition coefficient (Wildman–Crippen LogP) is 4.25. The zero-order valence-electron chi connectivity index (χ0n) is 16.9. The van der Waals surface area contributed by atoms with Crippen molar-refractivity contribution >= 4 is 16.0 Å². The lowest BCUT2D eigenvalue weighted by Gasteiger charge is -2.22. The molecule has 2 aromatic rings. The average Bonchev–Trinajstić information content (AvgIpc) is 2.64. The second-order valence-electron chi connectivity index (χ2n) is 7.47. The van der Waals surface area contributed by atoms with Crippen LogP contribution in [0.5, 0.6) is 5.75 Å². The Hall–Kier alpha value is -2.38. The van der Waals surface area contributed by atoms with Gasteiger partial charge in [0.2, 0.25) is 0 Å². The molecule has 152 valence electrons. The van der Waals surface area contributed by atoms with Crippen LogP contribution in [0, 0.1) is 0 Å². The smallest absolute Gasteiger partial charge is 0.336 e. The molecule has 2 aromatic carbocycles. The summed E-state index contributed by atoms with van der Waals surface area (Å²) in [5, 5.41) is 9.37. The number of carboxylic acid groups (broad SMARTS) is 1. The van der Waals surface area contributed by atoms with Gasteiger partial charge in [-0.25, -0.2) is 13.2 Å². The van der Waals surface area contributed by atoms with Crippen LogP contribution in [0.15, 0.2) is 47.4 Å². The first-order valence-corrected chi connectivity index (χ1v) is 10.6. The molecular formula is C21H27NO5S. The number of rotatable bonds is 7. The molecule has 0 aliphatic heterocycles. The molecule has 1 N–H and O–H groups in total. The Balaban J connectivity index is 2.35. The van der Waals surface area contributed by atoms with Gasteiger partial charge < -0.3 is 9.94 Å². The summed E-state index contributed by atoms with van der Waals surface area (Å²) < 4.78 is 26.8. The van der Waals surface area contributed by atoms with E-state index in [0.717, 1.165) is 10.0 Å². The Bertz CT molecular complexity index is 944. The fraction of sp³-hybridized carbons (Fsp3) is 0.381. The quantitative estimate of drug-likeness (QED) is 0.696. The van der Waals surface area contributed by atoms with Gasteiger partial charge >= 0.3 is 5.97 Å². The lowest BCUT2D eigenvalue weighted by molar-refractivity contribution is 0.0415. The van der Waals surface area contributed by atoms with Crippen LogP contribution in [-0.4, -0.2) is 30.5 Å². The molecule has 2 rings (SSSR count). The van der Waals surface area contributed by atoms with Gasteiger partial charge in [0.15, 0.2) is 0 Å². The molecule has 7 heteroatoms. The summed E-state index contributed by atoms with van der Waals surface area (Å²) in [7, 11) is -4.02. The van der Waals surface area contributed by atoms with E-state index in [-0.39, 0.29) is 22.4 Å². The highest BCUT2D eigenvalue weighted by atomic mass is 32.2. The van der Waals surface area contributed by atoms with E-state index < -0.39 is 16.0 Å². The zero-order valence-corrected chi connectivity index (χ0v) is 17.7.